The van der Waals surface area contributed by atoms with Gasteiger partial charge in [0.05, 0.1) is 12.7 Å². The molecule has 0 amide bonds. The summed E-state index contributed by atoms with van der Waals surface area (Å²) in [6, 6.07) is 6.24. The van der Waals surface area contributed by atoms with E-state index in [1.807, 2.05) is 13.0 Å². The summed E-state index contributed by atoms with van der Waals surface area (Å²) in [5, 5.41) is 9.35. The molecule has 0 saturated heterocycles. The Hall–Kier alpha value is -1.02. The van der Waals surface area contributed by atoms with Crippen LogP contribution >= 0.6 is 0 Å². The largest absolute Gasteiger partial charge is 0.493 e. The number of rotatable bonds is 2. The Morgan fingerprint density at radius 1 is 1.57 bits per heavy atom. The summed E-state index contributed by atoms with van der Waals surface area (Å²) in [6.07, 6.45) is 0.534. The highest BCUT2D eigenvalue weighted by Crippen LogP contribution is 2.36. The molecule has 1 aromatic carbocycles. The van der Waals surface area contributed by atoms with Gasteiger partial charge in [-0.3, -0.25) is 0 Å². The number of ether oxygens (including phenoxy) is 1. The van der Waals surface area contributed by atoms with Gasteiger partial charge in [-0.25, -0.2) is 0 Å². The number of fused-ring (bicyclic) bond motifs is 1. The smallest absolute Gasteiger partial charge is 0.122 e. The van der Waals surface area contributed by atoms with E-state index in [9.17, 15) is 5.11 Å². The molecule has 1 N–H and O–H groups in total. The van der Waals surface area contributed by atoms with E-state index in [4.69, 9.17) is 4.74 Å². The summed E-state index contributed by atoms with van der Waals surface area (Å²) in [5.41, 5.74) is 2.51. The molecule has 2 atom stereocenters. The molecule has 0 bridgehead atoms. The summed E-state index contributed by atoms with van der Waals surface area (Å²) in [4.78, 5) is 0. The fourth-order valence-electron chi connectivity index (χ4n) is 2.01. The fourth-order valence-corrected chi connectivity index (χ4v) is 2.01. The quantitative estimate of drug-likeness (QED) is 0.778. The summed E-state index contributed by atoms with van der Waals surface area (Å²) < 4.78 is 5.56. The lowest BCUT2D eigenvalue weighted by atomic mass is 9.94. The molecule has 76 valence electrons. The molecule has 0 saturated carbocycles. The first-order valence-electron chi connectivity index (χ1n) is 5.08. The molecule has 0 spiro atoms. The van der Waals surface area contributed by atoms with Gasteiger partial charge in [-0.2, -0.15) is 0 Å². The minimum Gasteiger partial charge on any atom is -0.493 e. The Morgan fingerprint density at radius 3 is 3.07 bits per heavy atom. The van der Waals surface area contributed by atoms with Crippen molar-refractivity contribution >= 4 is 0 Å². The summed E-state index contributed by atoms with van der Waals surface area (Å²) in [7, 11) is 0. The van der Waals surface area contributed by atoms with E-state index in [1.165, 1.54) is 11.1 Å². The van der Waals surface area contributed by atoms with Crippen molar-refractivity contribution in [3.8, 4) is 5.75 Å². The minimum absolute atomic E-state index is 0.255. The van der Waals surface area contributed by atoms with Gasteiger partial charge in [0, 0.05) is 11.5 Å². The molecule has 0 fully saturated rings. The maximum Gasteiger partial charge on any atom is 0.122 e. The molecule has 1 aliphatic heterocycles. The van der Waals surface area contributed by atoms with Gasteiger partial charge >= 0.3 is 0 Å². The van der Waals surface area contributed by atoms with Crippen LogP contribution in [0.1, 0.15) is 30.4 Å². The second-order valence-corrected chi connectivity index (χ2v) is 4.13. The number of hydrogen-bond acceptors (Lipinski definition) is 2. The molecule has 0 aromatic heterocycles. The molecule has 2 heteroatoms. The predicted molar refractivity (Wildman–Crippen MR) is 55.7 cm³/mol. The van der Waals surface area contributed by atoms with Crippen LogP contribution in [0, 0.1) is 6.92 Å². The Labute approximate surface area is 84.5 Å². The van der Waals surface area contributed by atoms with E-state index in [-0.39, 0.29) is 6.10 Å². The van der Waals surface area contributed by atoms with Crippen molar-refractivity contribution in [3.05, 3.63) is 29.3 Å². The first kappa shape index (κ1) is 9.53. The highest BCUT2D eigenvalue weighted by Gasteiger charge is 2.24. The standard InChI is InChI=1S/C12H16O2/c1-8-3-4-12-11(5-8)10(7-14-12)6-9(2)13/h3-5,9-10,13H,6-7H2,1-2H3. The van der Waals surface area contributed by atoms with E-state index >= 15 is 0 Å². The molecule has 1 heterocycles. The second-order valence-electron chi connectivity index (χ2n) is 4.13. The van der Waals surface area contributed by atoms with Crippen molar-refractivity contribution in [3.63, 3.8) is 0 Å². The van der Waals surface area contributed by atoms with E-state index in [0.717, 1.165) is 12.2 Å². The summed E-state index contributed by atoms with van der Waals surface area (Å²) in [6.45, 7) is 4.62. The maximum absolute atomic E-state index is 9.35. The van der Waals surface area contributed by atoms with Crippen molar-refractivity contribution in [2.45, 2.75) is 32.3 Å². The molecule has 2 nitrogen and oxygen atoms in total. The van der Waals surface area contributed by atoms with Crippen LogP contribution in [0.2, 0.25) is 0 Å². The van der Waals surface area contributed by atoms with E-state index in [0.29, 0.717) is 12.5 Å². The number of aliphatic hydroxyl groups excluding tert-OH is 1. The van der Waals surface area contributed by atoms with Crippen molar-refractivity contribution in [1.82, 2.24) is 0 Å². The molecule has 14 heavy (non-hydrogen) atoms. The third-order valence-electron chi connectivity index (χ3n) is 2.67. The summed E-state index contributed by atoms with van der Waals surface area (Å²) in [5.74, 6) is 1.35. The molecular formula is C12H16O2. The third kappa shape index (κ3) is 1.75. The molecular weight excluding hydrogens is 176 g/mol. The summed E-state index contributed by atoms with van der Waals surface area (Å²) >= 11 is 0. The van der Waals surface area contributed by atoms with Crippen LogP contribution in [0.25, 0.3) is 0 Å². The van der Waals surface area contributed by atoms with Crippen LogP contribution in [0.15, 0.2) is 18.2 Å². The Morgan fingerprint density at radius 2 is 2.36 bits per heavy atom. The van der Waals surface area contributed by atoms with E-state index in [2.05, 4.69) is 19.1 Å². The number of aryl methyl sites for hydroxylation is 1. The van der Waals surface area contributed by atoms with Gasteiger partial charge in [-0.05, 0) is 26.3 Å². The lowest BCUT2D eigenvalue weighted by Gasteiger charge is -2.10. The van der Waals surface area contributed by atoms with Gasteiger partial charge < -0.3 is 9.84 Å². The number of benzene rings is 1. The topological polar surface area (TPSA) is 29.5 Å². The molecule has 2 unspecified atom stereocenters. The lowest BCUT2D eigenvalue weighted by Crippen LogP contribution is -2.09. The van der Waals surface area contributed by atoms with Crippen LogP contribution in [0.4, 0.5) is 0 Å². The second kappa shape index (κ2) is 3.62. The maximum atomic E-state index is 9.35. The third-order valence-corrected chi connectivity index (χ3v) is 2.67. The van der Waals surface area contributed by atoms with Gasteiger partial charge in [-0.1, -0.05) is 17.7 Å². The van der Waals surface area contributed by atoms with Crippen LogP contribution in [0.5, 0.6) is 5.75 Å². The first-order chi connectivity index (χ1) is 6.66. The van der Waals surface area contributed by atoms with Crippen molar-refractivity contribution < 1.29 is 9.84 Å². The van der Waals surface area contributed by atoms with Crippen LogP contribution in [-0.2, 0) is 0 Å². The van der Waals surface area contributed by atoms with Crippen LogP contribution in [0.3, 0.4) is 0 Å². The monoisotopic (exact) mass is 192 g/mol. The fraction of sp³-hybridized carbons (Fsp3) is 0.500. The predicted octanol–water partition coefficient (Wildman–Crippen LogP) is 2.24. The Bertz CT molecular complexity index is 331. The zero-order valence-corrected chi connectivity index (χ0v) is 8.66. The van der Waals surface area contributed by atoms with Gasteiger partial charge in [0.15, 0.2) is 0 Å². The average Bonchev–Trinajstić information content (AvgIpc) is 2.47. The number of aliphatic hydroxyl groups is 1. The highest BCUT2D eigenvalue weighted by atomic mass is 16.5. The van der Waals surface area contributed by atoms with Crippen molar-refractivity contribution in [2.75, 3.05) is 6.61 Å². The SMILES string of the molecule is Cc1ccc2c(c1)C(CC(C)O)CO2. The van der Waals surface area contributed by atoms with Crippen LogP contribution in [-0.4, -0.2) is 17.8 Å². The van der Waals surface area contributed by atoms with E-state index < -0.39 is 0 Å². The van der Waals surface area contributed by atoms with Crippen molar-refractivity contribution in [2.24, 2.45) is 0 Å². The first-order valence-corrected chi connectivity index (χ1v) is 5.08. The zero-order valence-electron chi connectivity index (χ0n) is 8.66. The van der Waals surface area contributed by atoms with Crippen LogP contribution < -0.4 is 4.74 Å². The average molecular weight is 192 g/mol. The van der Waals surface area contributed by atoms with Crippen molar-refractivity contribution in [1.29, 1.82) is 0 Å². The molecule has 1 aromatic rings. The normalized spacial score (nSPS) is 21.5. The number of hydrogen-bond donors (Lipinski definition) is 1. The van der Waals surface area contributed by atoms with Gasteiger partial charge in [-0.15, -0.1) is 0 Å². The zero-order chi connectivity index (χ0) is 10.1. The molecule has 1 aliphatic rings. The van der Waals surface area contributed by atoms with Gasteiger partial charge in [0.2, 0.25) is 0 Å². The van der Waals surface area contributed by atoms with Gasteiger partial charge in [0.25, 0.3) is 0 Å². The molecule has 2 rings (SSSR count). The van der Waals surface area contributed by atoms with Gasteiger partial charge in [0.1, 0.15) is 5.75 Å². The van der Waals surface area contributed by atoms with E-state index in [1.54, 1.807) is 0 Å². The molecule has 0 aliphatic carbocycles. The highest BCUT2D eigenvalue weighted by molar-refractivity contribution is 5.42. The minimum atomic E-state index is -0.255. The Kier molecular flexibility index (Phi) is 2.46. The Balaban J connectivity index is 2.24. The molecule has 0 radical (unpaired) electrons. The lowest BCUT2D eigenvalue weighted by molar-refractivity contribution is 0.167.